The molecule has 2 aromatic carbocycles. The minimum atomic E-state index is -3.55. The van der Waals surface area contributed by atoms with E-state index in [1.807, 2.05) is 30.3 Å². The van der Waals surface area contributed by atoms with Gasteiger partial charge in [0.15, 0.2) is 0 Å². The van der Waals surface area contributed by atoms with Crippen molar-refractivity contribution in [3.8, 4) is 0 Å². The quantitative estimate of drug-likeness (QED) is 0.809. The summed E-state index contributed by atoms with van der Waals surface area (Å²) in [6.45, 7) is 1.32. The molecule has 4 rings (SSSR count). The molecule has 1 heterocycles. The number of halogens is 1. The standard InChI is InChI=1S/C20H22ClN3O3S/c21-17-8-6-16(7-9-17)20(25)23-10-12-24(13-11-23)28(26,27)22-19-14-18(19)15-4-2-1-3-5-15/h1-9,18-19,22H,10-14H2/t18-,19+/m0/s1. The van der Waals surface area contributed by atoms with Gasteiger partial charge in [0.2, 0.25) is 0 Å². The van der Waals surface area contributed by atoms with Crippen molar-refractivity contribution in [2.24, 2.45) is 0 Å². The number of nitrogens with one attached hydrogen (secondary N) is 1. The SMILES string of the molecule is O=C(c1ccc(Cl)cc1)N1CCN(S(=O)(=O)N[C@@H]2C[C@H]2c2ccccc2)CC1. The van der Waals surface area contributed by atoms with E-state index >= 15 is 0 Å². The van der Waals surface area contributed by atoms with Crippen molar-refractivity contribution in [3.63, 3.8) is 0 Å². The highest BCUT2D eigenvalue weighted by molar-refractivity contribution is 7.87. The van der Waals surface area contributed by atoms with Crippen molar-refractivity contribution in [2.75, 3.05) is 26.2 Å². The molecule has 0 aromatic heterocycles. The van der Waals surface area contributed by atoms with Crippen LogP contribution in [0.3, 0.4) is 0 Å². The number of nitrogens with zero attached hydrogens (tertiary/aromatic N) is 2. The topological polar surface area (TPSA) is 69.7 Å². The summed E-state index contributed by atoms with van der Waals surface area (Å²) >= 11 is 5.86. The van der Waals surface area contributed by atoms with Gasteiger partial charge in [0.05, 0.1) is 0 Å². The Kier molecular flexibility index (Phi) is 5.42. The number of piperazine rings is 1. The molecular weight excluding hydrogens is 398 g/mol. The van der Waals surface area contributed by atoms with E-state index in [0.29, 0.717) is 23.7 Å². The number of benzene rings is 2. The van der Waals surface area contributed by atoms with E-state index in [4.69, 9.17) is 11.6 Å². The van der Waals surface area contributed by atoms with Gasteiger partial charge in [-0.1, -0.05) is 41.9 Å². The summed E-state index contributed by atoms with van der Waals surface area (Å²) in [5.41, 5.74) is 1.72. The molecule has 8 heteroatoms. The number of amides is 1. The van der Waals surface area contributed by atoms with Crippen LogP contribution in [0, 0.1) is 0 Å². The third-order valence-corrected chi connectivity index (χ3v) is 7.17. The van der Waals surface area contributed by atoms with Crippen molar-refractivity contribution in [2.45, 2.75) is 18.4 Å². The highest BCUT2D eigenvalue weighted by Gasteiger charge is 2.42. The van der Waals surface area contributed by atoms with Crippen molar-refractivity contribution in [3.05, 3.63) is 70.7 Å². The molecule has 2 atom stereocenters. The van der Waals surface area contributed by atoms with E-state index in [1.54, 1.807) is 29.2 Å². The highest BCUT2D eigenvalue weighted by Crippen LogP contribution is 2.41. The smallest absolute Gasteiger partial charge is 0.279 e. The Balaban J connectivity index is 1.32. The number of carbonyl (C=O) groups excluding carboxylic acids is 1. The van der Waals surface area contributed by atoms with Gasteiger partial charge >= 0.3 is 0 Å². The largest absolute Gasteiger partial charge is 0.336 e. The Morgan fingerprint density at radius 3 is 2.25 bits per heavy atom. The summed E-state index contributed by atoms with van der Waals surface area (Å²) in [6.07, 6.45) is 0.818. The van der Waals surface area contributed by atoms with Crippen molar-refractivity contribution in [1.82, 2.24) is 13.9 Å². The van der Waals surface area contributed by atoms with Gasteiger partial charge in [-0.2, -0.15) is 17.4 Å². The van der Waals surface area contributed by atoms with Crippen LogP contribution in [0.4, 0.5) is 0 Å². The fraction of sp³-hybridized carbons (Fsp3) is 0.350. The zero-order valence-electron chi connectivity index (χ0n) is 15.3. The normalized spacial score (nSPS) is 22.8. The van der Waals surface area contributed by atoms with Gasteiger partial charge in [-0.05, 0) is 36.2 Å². The van der Waals surface area contributed by atoms with Gasteiger partial charge in [-0.15, -0.1) is 0 Å². The first-order valence-corrected chi connectivity index (χ1v) is 11.1. The third-order valence-electron chi connectivity index (χ3n) is 5.28. The first-order chi connectivity index (χ1) is 13.4. The Labute approximate surface area is 170 Å². The molecule has 2 aliphatic rings. The average Bonchev–Trinajstić information content (AvgIpc) is 3.47. The lowest BCUT2D eigenvalue weighted by Gasteiger charge is -2.34. The lowest BCUT2D eigenvalue weighted by atomic mass is 10.1. The number of hydrogen-bond donors (Lipinski definition) is 1. The Bertz CT molecular complexity index is 942. The predicted molar refractivity (Wildman–Crippen MR) is 109 cm³/mol. The van der Waals surface area contributed by atoms with E-state index in [9.17, 15) is 13.2 Å². The van der Waals surface area contributed by atoms with Crippen LogP contribution in [0.2, 0.25) is 5.02 Å². The summed E-state index contributed by atoms with van der Waals surface area (Å²) in [4.78, 5) is 14.2. The zero-order valence-corrected chi connectivity index (χ0v) is 16.9. The highest BCUT2D eigenvalue weighted by atomic mass is 35.5. The van der Waals surface area contributed by atoms with Crippen LogP contribution >= 0.6 is 11.6 Å². The monoisotopic (exact) mass is 419 g/mol. The molecule has 1 aliphatic heterocycles. The van der Waals surface area contributed by atoms with Crippen LogP contribution in [0.1, 0.15) is 28.3 Å². The lowest BCUT2D eigenvalue weighted by molar-refractivity contribution is 0.0697. The summed E-state index contributed by atoms with van der Waals surface area (Å²) < 4.78 is 29.6. The van der Waals surface area contributed by atoms with Crippen molar-refractivity contribution < 1.29 is 13.2 Å². The minimum absolute atomic E-state index is 0.0545. The van der Waals surface area contributed by atoms with Gasteiger partial charge in [0.25, 0.3) is 16.1 Å². The fourth-order valence-electron chi connectivity index (χ4n) is 3.57. The van der Waals surface area contributed by atoms with Gasteiger partial charge in [0.1, 0.15) is 0 Å². The van der Waals surface area contributed by atoms with Crippen LogP contribution in [0.5, 0.6) is 0 Å². The molecule has 148 valence electrons. The van der Waals surface area contributed by atoms with E-state index < -0.39 is 10.2 Å². The molecule has 2 aromatic rings. The molecule has 0 spiro atoms. The number of carbonyl (C=O) groups is 1. The molecule has 1 aliphatic carbocycles. The van der Waals surface area contributed by atoms with Crippen LogP contribution in [-0.2, 0) is 10.2 Å². The van der Waals surface area contributed by atoms with Crippen LogP contribution < -0.4 is 4.72 Å². The van der Waals surface area contributed by atoms with Gasteiger partial charge < -0.3 is 4.90 Å². The maximum atomic E-state index is 12.7. The molecule has 0 unspecified atom stereocenters. The molecule has 2 fully saturated rings. The average molecular weight is 420 g/mol. The van der Waals surface area contributed by atoms with Crippen LogP contribution in [0.15, 0.2) is 54.6 Å². The van der Waals surface area contributed by atoms with E-state index in [0.717, 1.165) is 12.0 Å². The molecular formula is C20H22ClN3O3S. The second-order valence-corrected chi connectivity index (χ2v) is 9.32. The molecule has 1 amide bonds. The molecule has 1 saturated heterocycles. The van der Waals surface area contributed by atoms with Crippen molar-refractivity contribution >= 4 is 27.7 Å². The summed E-state index contributed by atoms with van der Waals surface area (Å²) in [5, 5.41) is 0.576. The van der Waals surface area contributed by atoms with Gasteiger partial charge in [-0.3, -0.25) is 4.79 Å². The van der Waals surface area contributed by atoms with Crippen LogP contribution in [0.25, 0.3) is 0 Å². The zero-order chi connectivity index (χ0) is 19.7. The maximum absolute atomic E-state index is 12.7. The lowest BCUT2D eigenvalue weighted by Crippen LogP contribution is -2.53. The van der Waals surface area contributed by atoms with E-state index in [2.05, 4.69) is 4.72 Å². The second kappa shape index (κ2) is 7.83. The first kappa shape index (κ1) is 19.4. The van der Waals surface area contributed by atoms with Crippen LogP contribution in [-0.4, -0.2) is 55.8 Å². The Hall–Kier alpha value is -1.93. The third kappa shape index (κ3) is 4.22. The molecule has 1 N–H and O–H groups in total. The number of rotatable bonds is 5. The summed E-state index contributed by atoms with van der Waals surface area (Å²) in [5.74, 6) is 0.136. The van der Waals surface area contributed by atoms with E-state index in [1.165, 1.54) is 4.31 Å². The molecule has 1 saturated carbocycles. The maximum Gasteiger partial charge on any atom is 0.279 e. The van der Waals surface area contributed by atoms with Crippen molar-refractivity contribution in [1.29, 1.82) is 0 Å². The summed E-state index contributed by atoms with van der Waals surface area (Å²) in [6, 6.07) is 16.6. The minimum Gasteiger partial charge on any atom is -0.336 e. The fourth-order valence-corrected chi connectivity index (χ4v) is 5.13. The Morgan fingerprint density at radius 1 is 0.964 bits per heavy atom. The second-order valence-electron chi connectivity index (χ2n) is 7.18. The van der Waals surface area contributed by atoms with E-state index in [-0.39, 0.29) is 31.0 Å². The number of hydrogen-bond acceptors (Lipinski definition) is 3. The summed E-state index contributed by atoms with van der Waals surface area (Å²) in [7, 11) is -3.55. The molecule has 0 bridgehead atoms. The molecule has 6 nitrogen and oxygen atoms in total. The molecule has 0 radical (unpaired) electrons. The first-order valence-electron chi connectivity index (χ1n) is 9.31. The Morgan fingerprint density at radius 2 is 1.61 bits per heavy atom. The predicted octanol–water partition coefficient (Wildman–Crippen LogP) is 2.49. The van der Waals surface area contributed by atoms with Gasteiger partial charge in [-0.25, -0.2) is 0 Å². The van der Waals surface area contributed by atoms with Gasteiger partial charge in [0, 0.05) is 48.7 Å². The molecule has 28 heavy (non-hydrogen) atoms.